The number of hydrogen-bond donors (Lipinski definition) is 1. The summed E-state index contributed by atoms with van der Waals surface area (Å²) in [6.07, 6.45) is 3.01. The summed E-state index contributed by atoms with van der Waals surface area (Å²) < 4.78 is 10.4. The van der Waals surface area contributed by atoms with Crippen LogP contribution in [0.2, 0.25) is 0 Å². The molecule has 0 aliphatic carbocycles. The topological polar surface area (TPSA) is 106 Å². The van der Waals surface area contributed by atoms with Crippen LogP contribution in [0.1, 0.15) is 36.6 Å². The van der Waals surface area contributed by atoms with E-state index >= 15 is 0 Å². The number of amides is 1. The van der Waals surface area contributed by atoms with Gasteiger partial charge in [0, 0.05) is 23.6 Å². The van der Waals surface area contributed by atoms with Gasteiger partial charge in [-0.1, -0.05) is 18.2 Å². The van der Waals surface area contributed by atoms with E-state index in [-0.39, 0.29) is 29.8 Å². The van der Waals surface area contributed by atoms with E-state index in [0.29, 0.717) is 28.1 Å². The number of ether oxygens (including phenoxy) is 2. The molecule has 1 aromatic heterocycles. The third kappa shape index (κ3) is 4.98. The first kappa shape index (κ1) is 24.7. The van der Waals surface area contributed by atoms with E-state index in [1.165, 1.54) is 12.0 Å². The summed E-state index contributed by atoms with van der Waals surface area (Å²) in [6.45, 7) is 3.56. The highest BCUT2D eigenvalue weighted by Gasteiger charge is 2.47. The Labute approximate surface area is 208 Å². The van der Waals surface area contributed by atoms with Crippen LogP contribution in [0.5, 0.6) is 5.75 Å². The van der Waals surface area contributed by atoms with Gasteiger partial charge in [-0.25, -0.2) is 0 Å². The van der Waals surface area contributed by atoms with Gasteiger partial charge in [-0.05, 0) is 67.4 Å². The summed E-state index contributed by atoms with van der Waals surface area (Å²) in [4.78, 5) is 43.9. The number of carbonyl (C=O) groups excluding carboxylic acids is 3. The second kappa shape index (κ2) is 10.4. The molecule has 1 atom stereocenters. The lowest BCUT2D eigenvalue weighted by molar-refractivity contribution is -0.146. The van der Waals surface area contributed by atoms with Gasteiger partial charge in [-0.15, -0.1) is 0 Å². The maximum atomic E-state index is 13.2. The Bertz CT molecular complexity index is 1300. The molecule has 1 aliphatic rings. The Hall–Kier alpha value is -4.46. The molecule has 1 fully saturated rings. The number of ketones is 1. The molecule has 1 N–H and O–H groups in total. The summed E-state index contributed by atoms with van der Waals surface area (Å²) in [5.41, 5.74) is 2.05. The quantitative estimate of drug-likeness (QED) is 0.231. The third-order valence-electron chi connectivity index (χ3n) is 5.74. The molecule has 1 unspecified atom stereocenters. The Morgan fingerprint density at radius 1 is 1.06 bits per heavy atom. The second-order valence-corrected chi connectivity index (χ2v) is 8.57. The van der Waals surface area contributed by atoms with Crippen molar-refractivity contribution in [3.8, 4) is 5.75 Å². The molecule has 36 heavy (non-hydrogen) atoms. The molecule has 0 bridgehead atoms. The number of pyridine rings is 1. The van der Waals surface area contributed by atoms with Crippen molar-refractivity contribution >= 4 is 29.1 Å². The molecule has 2 heterocycles. The van der Waals surface area contributed by atoms with Crippen molar-refractivity contribution in [2.75, 3.05) is 12.0 Å². The minimum absolute atomic E-state index is 0.0391. The fourth-order valence-corrected chi connectivity index (χ4v) is 4.10. The number of rotatable bonds is 7. The fraction of sp³-hybridized carbons (Fsp3) is 0.214. The van der Waals surface area contributed by atoms with Crippen molar-refractivity contribution in [1.82, 2.24) is 4.98 Å². The molecule has 1 saturated heterocycles. The third-order valence-corrected chi connectivity index (χ3v) is 5.74. The predicted octanol–water partition coefficient (Wildman–Crippen LogP) is 4.21. The number of aliphatic hydroxyl groups excluding tert-OH is 1. The summed E-state index contributed by atoms with van der Waals surface area (Å²) in [6, 6.07) is 15.9. The summed E-state index contributed by atoms with van der Waals surface area (Å²) in [5, 5.41) is 11.2. The standard InChI is InChI=1S/C28H26N2O6/c1-17(2)36-23(31)15-18-6-10-21(11-7-18)30-25(20-5-4-14-29-16-20)24(27(33)28(30)34)26(32)19-8-12-22(35-3)13-9-19/h4-14,16-17,25,32H,15H2,1-3H3/b26-24-. The second-order valence-electron chi connectivity index (χ2n) is 8.57. The molecule has 0 radical (unpaired) electrons. The first-order valence-electron chi connectivity index (χ1n) is 11.4. The van der Waals surface area contributed by atoms with E-state index in [1.807, 2.05) is 0 Å². The van der Waals surface area contributed by atoms with E-state index in [4.69, 9.17) is 9.47 Å². The molecule has 184 valence electrons. The molecule has 3 aromatic rings. The van der Waals surface area contributed by atoms with Gasteiger partial charge in [-0.2, -0.15) is 0 Å². The lowest BCUT2D eigenvalue weighted by Crippen LogP contribution is -2.29. The Kier molecular flexibility index (Phi) is 7.15. The molecule has 4 rings (SSSR count). The van der Waals surface area contributed by atoms with Crippen LogP contribution in [-0.4, -0.2) is 41.0 Å². The molecule has 1 amide bonds. The fourth-order valence-electron chi connectivity index (χ4n) is 4.10. The highest BCUT2D eigenvalue weighted by Crippen LogP contribution is 2.42. The predicted molar refractivity (Wildman–Crippen MR) is 133 cm³/mol. The first-order valence-corrected chi connectivity index (χ1v) is 11.4. The molecular weight excluding hydrogens is 460 g/mol. The van der Waals surface area contributed by atoms with Gasteiger partial charge < -0.3 is 14.6 Å². The molecule has 8 heteroatoms. The summed E-state index contributed by atoms with van der Waals surface area (Å²) in [7, 11) is 1.53. The number of carbonyl (C=O) groups is 3. The van der Waals surface area contributed by atoms with Crippen LogP contribution in [-0.2, 0) is 25.5 Å². The summed E-state index contributed by atoms with van der Waals surface area (Å²) >= 11 is 0. The van der Waals surface area contributed by atoms with Gasteiger partial charge in [0.2, 0.25) is 0 Å². The number of benzene rings is 2. The monoisotopic (exact) mass is 486 g/mol. The normalized spacial score (nSPS) is 16.9. The van der Waals surface area contributed by atoms with E-state index in [2.05, 4.69) is 4.98 Å². The van der Waals surface area contributed by atoms with Crippen molar-refractivity contribution in [2.24, 2.45) is 0 Å². The van der Waals surface area contributed by atoms with Crippen LogP contribution in [0.15, 0.2) is 78.6 Å². The van der Waals surface area contributed by atoms with Gasteiger partial charge >= 0.3 is 5.97 Å². The minimum Gasteiger partial charge on any atom is -0.507 e. The summed E-state index contributed by atoms with van der Waals surface area (Å²) in [5.74, 6) is -1.63. The van der Waals surface area contributed by atoms with Crippen LogP contribution >= 0.6 is 0 Å². The van der Waals surface area contributed by atoms with Crippen LogP contribution in [0.3, 0.4) is 0 Å². The Morgan fingerprint density at radius 2 is 1.75 bits per heavy atom. The molecule has 0 saturated carbocycles. The van der Waals surface area contributed by atoms with Crippen molar-refractivity contribution < 1.29 is 29.0 Å². The highest BCUT2D eigenvalue weighted by molar-refractivity contribution is 6.51. The minimum atomic E-state index is -0.891. The first-order chi connectivity index (χ1) is 17.3. The van der Waals surface area contributed by atoms with E-state index in [1.54, 1.807) is 86.9 Å². The molecular formula is C28H26N2O6. The Morgan fingerprint density at radius 3 is 2.33 bits per heavy atom. The lowest BCUT2D eigenvalue weighted by Gasteiger charge is -2.25. The van der Waals surface area contributed by atoms with Crippen LogP contribution in [0.25, 0.3) is 5.76 Å². The number of hydrogen-bond acceptors (Lipinski definition) is 7. The number of nitrogens with zero attached hydrogens (tertiary/aromatic N) is 2. The highest BCUT2D eigenvalue weighted by atomic mass is 16.5. The van der Waals surface area contributed by atoms with Gasteiger partial charge in [0.1, 0.15) is 11.5 Å². The molecule has 0 spiro atoms. The van der Waals surface area contributed by atoms with Crippen LogP contribution in [0.4, 0.5) is 5.69 Å². The zero-order valence-corrected chi connectivity index (χ0v) is 20.2. The Balaban J connectivity index is 1.75. The number of anilines is 1. The molecule has 1 aliphatic heterocycles. The van der Waals surface area contributed by atoms with Crippen molar-refractivity contribution in [1.29, 1.82) is 0 Å². The van der Waals surface area contributed by atoms with Crippen molar-refractivity contribution in [2.45, 2.75) is 32.4 Å². The number of methoxy groups -OCH3 is 1. The maximum Gasteiger partial charge on any atom is 0.310 e. The van der Waals surface area contributed by atoms with Gasteiger partial charge in [0.15, 0.2) is 0 Å². The maximum absolute atomic E-state index is 13.2. The van der Waals surface area contributed by atoms with Crippen molar-refractivity contribution in [3.63, 3.8) is 0 Å². The smallest absolute Gasteiger partial charge is 0.310 e. The largest absolute Gasteiger partial charge is 0.507 e. The number of esters is 1. The average molecular weight is 487 g/mol. The zero-order valence-electron chi connectivity index (χ0n) is 20.2. The van der Waals surface area contributed by atoms with Crippen LogP contribution < -0.4 is 9.64 Å². The number of Topliss-reactive ketones (excluding diaryl/α,β-unsaturated/α-hetero) is 1. The van der Waals surface area contributed by atoms with Crippen LogP contribution in [0, 0.1) is 0 Å². The molecule has 8 nitrogen and oxygen atoms in total. The molecule has 2 aromatic carbocycles. The van der Waals surface area contributed by atoms with E-state index in [9.17, 15) is 19.5 Å². The number of aromatic nitrogens is 1. The SMILES string of the molecule is COc1ccc(/C(O)=C2/C(=O)C(=O)N(c3ccc(CC(=O)OC(C)C)cc3)C2c2cccnc2)cc1. The number of aliphatic hydroxyl groups is 1. The lowest BCUT2D eigenvalue weighted by atomic mass is 9.96. The average Bonchev–Trinajstić information content (AvgIpc) is 3.14. The zero-order chi connectivity index (χ0) is 25.8. The van der Waals surface area contributed by atoms with Gasteiger partial charge in [0.05, 0.1) is 31.2 Å². The van der Waals surface area contributed by atoms with E-state index < -0.39 is 17.7 Å². The van der Waals surface area contributed by atoms with E-state index in [0.717, 1.165) is 0 Å². The van der Waals surface area contributed by atoms with Gasteiger partial charge in [0.25, 0.3) is 11.7 Å². The van der Waals surface area contributed by atoms with Gasteiger partial charge in [-0.3, -0.25) is 24.3 Å². The van der Waals surface area contributed by atoms with Crippen molar-refractivity contribution in [3.05, 3.63) is 95.3 Å².